The number of amides is 1. The van der Waals surface area contributed by atoms with Crippen LogP contribution in [-0.4, -0.2) is 30.9 Å². The number of benzene rings is 1. The van der Waals surface area contributed by atoms with E-state index in [1.807, 2.05) is 13.8 Å². The summed E-state index contributed by atoms with van der Waals surface area (Å²) < 4.78 is 38.6. The van der Waals surface area contributed by atoms with Crippen molar-refractivity contribution < 1.29 is 18.0 Å². The van der Waals surface area contributed by atoms with E-state index in [0.29, 0.717) is 25.1 Å². The SMILES string of the molecule is CCC(C(=O)N(C)CC(C)(C)CN)c1cccc(C(F)(F)F)c1. The quantitative estimate of drug-likeness (QED) is 0.865. The molecule has 23 heavy (non-hydrogen) atoms. The Morgan fingerprint density at radius 3 is 2.39 bits per heavy atom. The van der Waals surface area contributed by atoms with Crippen molar-refractivity contribution in [2.45, 2.75) is 39.3 Å². The number of hydrogen-bond acceptors (Lipinski definition) is 2. The summed E-state index contributed by atoms with van der Waals surface area (Å²) in [6, 6.07) is 5.00. The lowest BCUT2D eigenvalue weighted by molar-refractivity contribution is -0.138. The standard InChI is InChI=1S/C17H25F3N2O/c1-5-14(15(23)22(4)11-16(2,3)10-21)12-7-6-8-13(9-12)17(18,19)20/h6-9,14H,5,10-11,21H2,1-4H3. The van der Waals surface area contributed by atoms with Gasteiger partial charge in [-0.15, -0.1) is 0 Å². The first kappa shape index (κ1) is 19.5. The van der Waals surface area contributed by atoms with E-state index >= 15 is 0 Å². The van der Waals surface area contributed by atoms with Crippen LogP contribution in [-0.2, 0) is 11.0 Å². The maximum Gasteiger partial charge on any atom is 0.416 e. The van der Waals surface area contributed by atoms with Crippen LogP contribution in [0.1, 0.15) is 44.2 Å². The monoisotopic (exact) mass is 330 g/mol. The van der Waals surface area contributed by atoms with Crippen LogP contribution in [0, 0.1) is 5.41 Å². The van der Waals surface area contributed by atoms with Gasteiger partial charge in [-0.25, -0.2) is 0 Å². The van der Waals surface area contributed by atoms with Crippen molar-refractivity contribution in [1.29, 1.82) is 0 Å². The van der Waals surface area contributed by atoms with Gasteiger partial charge >= 0.3 is 6.18 Å². The fourth-order valence-electron chi connectivity index (χ4n) is 2.54. The van der Waals surface area contributed by atoms with Crippen LogP contribution >= 0.6 is 0 Å². The van der Waals surface area contributed by atoms with Gasteiger partial charge in [0, 0.05) is 13.6 Å². The van der Waals surface area contributed by atoms with E-state index in [9.17, 15) is 18.0 Å². The van der Waals surface area contributed by atoms with Crippen LogP contribution < -0.4 is 5.73 Å². The number of likely N-dealkylation sites (N-methyl/N-ethyl adjacent to an activating group) is 1. The molecule has 1 unspecified atom stereocenters. The summed E-state index contributed by atoms with van der Waals surface area (Å²) in [7, 11) is 1.66. The van der Waals surface area contributed by atoms with Gasteiger partial charge in [-0.05, 0) is 30.0 Å². The molecule has 1 rings (SSSR count). The number of rotatable bonds is 6. The fraction of sp³-hybridized carbons (Fsp3) is 0.588. The second kappa shape index (κ2) is 7.34. The van der Waals surface area contributed by atoms with Crippen molar-refractivity contribution in [3.8, 4) is 0 Å². The van der Waals surface area contributed by atoms with E-state index < -0.39 is 17.7 Å². The minimum absolute atomic E-state index is 0.187. The zero-order valence-corrected chi connectivity index (χ0v) is 14.1. The van der Waals surface area contributed by atoms with E-state index in [0.717, 1.165) is 12.1 Å². The Balaban J connectivity index is 3.02. The van der Waals surface area contributed by atoms with Crippen molar-refractivity contribution in [2.75, 3.05) is 20.1 Å². The average Bonchev–Trinajstić information content (AvgIpc) is 2.47. The molecule has 0 saturated carbocycles. The maximum absolute atomic E-state index is 12.9. The fourth-order valence-corrected chi connectivity index (χ4v) is 2.54. The second-order valence-corrected chi connectivity index (χ2v) is 6.65. The summed E-state index contributed by atoms with van der Waals surface area (Å²) in [5.41, 5.74) is 5.10. The topological polar surface area (TPSA) is 46.3 Å². The second-order valence-electron chi connectivity index (χ2n) is 6.65. The molecule has 2 N–H and O–H groups in total. The maximum atomic E-state index is 12.9. The third-order valence-electron chi connectivity index (χ3n) is 3.92. The van der Waals surface area contributed by atoms with Gasteiger partial charge in [-0.2, -0.15) is 13.2 Å². The Labute approximate surface area is 135 Å². The predicted molar refractivity (Wildman–Crippen MR) is 84.9 cm³/mol. The van der Waals surface area contributed by atoms with Crippen molar-refractivity contribution in [1.82, 2.24) is 4.90 Å². The summed E-state index contributed by atoms with van der Waals surface area (Å²) in [6.45, 7) is 6.57. The Hall–Kier alpha value is -1.56. The number of nitrogens with two attached hydrogens (primary N) is 1. The Kier molecular flexibility index (Phi) is 6.22. The lowest BCUT2D eigenvalue weighted by Gasteiger charge is -2.31. The molecule has 1 amide bonds. The molecule has 0 aliphatic heterocycles. The Bertz CT molecular complexity index is 541. The number of hydrogen-bond donors (Lipinski definition) is 1. The third kappa shape index (κ3) is 5.23. The van der Waals surface area contributed by atoms with Crippen LogP contribution in [0.15, 0.2) is 24.3 Å². The van der Waals surface area contributed by atoms with Gasteiger partial charge in [-0.3, -0.25) is 4.79 Å². The lowest BCUT2D eigenvalue weighted by atomic mass is 9.90. The molecule has 0 aromatic heterocycles. The highest BCUT2D eigenvalue weighted by Gasteiger charge is 2.32. The molecule has 0 aliphatic rings. The summed E-state index contributed by atoms with van der Waals surface area (Å²) in [6.07, 6.45) is -3.97. The number of carbonyl (C=O) groups is 1. The molecule has 0 saturated heterocycles. The molecule has 3 nitrogen and oxygen atoms in total. The molecular weight excluding hydrogens is 305 g/mol. The minimum atomic E-state index is -4.41. The molecule has 1 aromatic carbocycles. The van der Waals surface area contributed by atoms with E-state index in [1.54, 1.807) is 24.9 Å². The third-order valence-corrected chi connectivity index (χ3v) is 3.92. The average molecular weight is 330 g/mol. The van der Waals surface area contributed by atoms with Gasteiger partial charge in [0.15, 0.2) is 0 Å². The van der Waals surface area contributed by atoms with Crippen LogP contribution in [0.25, 0.3) is 0 Å². The largest absolute Gasteiger partial charge is 0.416 e. The summed E-state index contributed by atoms with van der Waals surface area (Å²) in [5.74, 6) is -0.774. The Morgan fingerprint density at radius 1 is 1.30 bits per heavy atom. The van der Waals surface area contributed by atoms with E-state index in [4.69, 9.17) is 5.73 Å². The minimum Gasteiger partial charge on any atom is -0.345 e. The van der Waals surface area contributed by atoms with Crippen molar-refractivity contribution in [3.63, 3.8) is 0 Å². The van der Waals surface area contributed by atoms with Gasteiger partial charge in [0.25, 0.3) is 0 Å². The summed E-state index contributed by atoms with van der Waals surface area (Å²) >= 11 is 0. The van der Waals surface area contributed by atoms with Crippen LogP contribution in [0.2, 0.25) is 0 Å². The molecule has 0 fully saturated rings. The highest BCUT2D eigenvalue weighted by Crippen LogP contribution is 2.32. The Morgan fingerprint density at radius 2 is 1.91 bits per heavy atom. The van der Waals surface area contributed by atoms with Gasteiger partial charge in [0.05, 0.1) is 11.5 Å². The highest BCUT2D eigenvalue weighted by atomic mass is 19.4. The van der Waals surface area contributed by atoms with Gasteiger partial charge in [0.2, 0.25) is 5.91 Å². The van der Waals surface area contributed by atoms with Crippen molar-refractivity contribution in [2.24, 2.45) is 11.1 Å². The molecule has 0 heterocycles. The molecule has 0 spiro atoms. The molecule has 130 valence electrons. The van der Waals surface area contributed by atoms with Gasteiger partial charge < -0.3 is 10.6 Å². The highest BCUT2D eigenvalue weighted by molar-refractivity contribution is 5.83. The zero-order valence-electron chi connectivity index (χ0n) is 14.1. The van der Waals surface area contributed by atoms with E-state index in [1.165, 1.54) is 6.07 Å². The van der Waals surface area contributed by atoms with E-state index in [2.05, 4.69) is 0 Å². The van der Waals surface area contributed by atoms with E-state index in [-0.39, 0.29) is 11.3 Å². The van der Waals surface area contributed by atoms with Crippen LogP contribution in [0.4, 0.5) is 13.2 Å². The molecule has 0 aliphatic carbocycles. The molecule has 1 atom stereocenters. The molecule has 0 bridgehead atoms. The first-order valence-electron chi connectivity index (χ1n) is 7.64. The van der Waals surface area contributed by atoms with Gasteiger partial charge in [-0.1, -0.05) is 39.0 Å². The number of carbonyl (C=O) groups excluding carboxylic acids is 1. The first-order chi connectivity index (χ1) is 10.5. The summed E-state index contributed by atoms with van der Waals surface area (Å²) in [5, 5.41) is 0. The lowest BCUT2D eigenvalue weighted by Crippen LogP contribution is -2.41. The molecule has 1 aromatic rings. The van der Waals surface area contributed by atoms with Crippen LogP contribution in [0.5, 0.6) is 0 Å². The van der Waals surface area contributed by atoms with Crippen molar-refractivity contribution >= 4 is 5.91 Å². The normalized spacial score (nSPS) is 13.7. The molecular formula is C17H25F3N2O. The molecule has 0 radical (unpaired) electrons. The smallest absolute Gasteiger partial charge is 0.345 e. The first-order valence-corrected chi connectivity index (χ1v) is 7.64. The summed E-state index contributed by atoms with van der Waals surface area (Å²) in [4.78, 5) is 14.2. The number of nitrogens with zero attached hydrogens (tertiary/aromatic N) is 1. The zero-order chi connectivity index (χ0) is 17.8. The van der Waals surface area contributed by atoms with Crippen molar-refractivity contribution in [3.05, 3.63) is 35.4 Å². The number of alkyl halides is 3. The molecule has 6 heteroatoms. The number of halogens is 3. The van der Waals surface area contributed by atoms with Gasteiger partial charge in [0.1, 0.15) is 0 Å². The predicted octanol–water partition coefficient (Wildman–Crippen LogP) is 3.64. The van der Waals surface area contributed by atoms with Crippen LogP contribution in [0.3, 0.4) is 0 Å².